The lowest BCUT2D eigenvalue weighted by molar-refractivity contribution is -0.118. The van der Waals surface area contributed by atoms with E-state index in [2.05, 4.69) is 28.1 Å². The van der Waals surface area contributed by atoms with Crippen molar-refractivity contribution in [3.8, 4) is 6.07 Å². The highest BCUT2D eigenvalue weighted by Crippen LogP contribution is 2.22. The lowest BCUT2D eigenvalue weighted by Gasteiger charge is -2.39. The van der Waals surface area contributed by atoms with Crippen molar-refractivity contribution < 1.29 is 9.53 Å². The Bertz CT molecular complexity index is 555. The minimum atomic E-state index is -0.0566. The van der Waals surface area contributed by atoms with E-state index in [0.29, 0.717) is 23.2 Å². The van der Waals surface area contributed by atoms with Gasteiger partial charge in [0.2, 0.25) is 5.91 Å². The number of hydrogen-bond acceptors (Lipinski definition) is 6. The molecule has 0 bridgehead atoms. The molecule has 7 heteroatoms. The molecule has 2 heterocycles. The van der Waals surface area contributed by atoms with Gasteiger partial charge < -0.3 is 10.1 Å². The maximum Gasteiger partial charge on any atom is 0.239 e. The Kier molecular flexibility index (Phi) is 6.99. The molecule has 1 aromatic rings. The highest BCUT2D eigenvalue weighted by atomic mass is 32.1. The highest BCUT2D eigenvalue weighted by molar-refractivity contribution is 7.14. The highest BCUT2D eigenvalue weighted by Gasteiger charge is 2.24. The summed E-state index contributed by atoms with van der Waals surface area (Å²) in [4.78, 5) is 16.7. The van der Waals surface area contributed by atoms with E-state index in [1.807, 2.05) is 12.3 Å². The van der Waals surface area contributed by atoms with Crippen LogP contribution in [0.2, 0.25) is 0 Å². The van der Waals surface area contributed by atoms with Crippen LogP contribution < -0.4 is 5.32 Å². The number of ether oxygens (including phenoxy) is 1. The first kappa shape index (κ1) is 17.9. The number of amides is 1. The number of thiophene rings is 1. The number of nitrogens with zero attached hydrogens (tertiary/aromatic N) is 3. The Morgan fingerprint density at radius 1 is 1.57 bits per heavy atom. The van der Waals surface area contributed by atoms with Crippen LogP contribution in [0.25, 0.3) is 0 Å². The average Bonchev–Trinajstić information content (AvgIpc) is 2.96. The second-order valence-electron chi connectivity index (χ2n) is 5.64. The summed E-state index contributed by atoms with van der Waals surface area (Å²) in [5.41, 5.74) is 0.525. The number of nitrogens with one attached hydrogen (secondary N) is 1. The Morgan fingerprint density at radius 3 is 3.09 bits per heavy atom. The first-order valence-corrected chi connectivity index (χ1v) is 8.83. The normalized spacial score (nSPS) is 19.4. The van der Waals surface area contributed by atoms with Gasteiger partial charge in [0.15, 0.2) is 0 Å². The molecule has 0 aliphatic carbocycles. The van der Waals surface area contributed by atoms with Gasteiger partial charge in [-0.1, -0.05) is 0 Å². The molecular formula is C16H24N4O2S. The summed E-state index contributed by atoms with van der Waals surface area (Å²) in [6, 6.07) is 4.22. The van der Waals surface area contributed by atoms with E-state index < -0.39 is 0 Å². The molecule has 0 saturated carbocycles. The van der Waals surface area contributed by atoms with Gasteiger partial charge >= 0.3 is 0 Å². The fourth-order valence-corrected chi connectivity index (χ4v) is 3.49. The number of rotatable bonds is 7. The second kappa shape index (κ2) is 8.99. The van der Waals surface area contributed by atoms with Gasteiger partial charge in [0.05, 0.1) is 18.7 Å². The summed E-state index contributed by atoms with van der Waals surface area (Å²) in [6.45, 7) is 9.70. The predicted octanol–water partition coefficient (Wildman–Crippen LogP) is 1.60. The van der Waals surface area contributed by atoms with E-state index in [-0.39, 0.29) is 5.91 Å². The number of piperazine rings is 1. The maximum absolute atomic E-state index is 12.2. The monoisotopic (exact) mass is 336 g/mol. The van der Waals surface area contributed by atoms with E-state index in [4.69, 9.17) is 10.00 Å². The molecule has 1 unspecified atom stereocenters. The van der Waals surface area contributed by atoms with E-state index in [0.717, 1.165) is 39.4 Å². The van der Waals surface area contributed by atoms with Gasteiger partial charge in [-0.15, -0.1) is 11.3 Å². The fourth-order valence-electron chi connectivity index (χ4n) is 2.74. The average molecular weight is 336 g/mol. The van der Waals surface area contributed by atoms with Gasteiger partial charge in [0.1, 0.15) is 11.1 Å². The van der Waals surface area contributed by atoms with Gasteiger partial charge in [0.25, 0.3) is 0 Å². The molecule has 1 saturated heterocycles. The number of carbonyl (C=O) groups excluding carboxylic acids is 1. The molecule has 0 aromatic carbocycles. The first-order valence-electron chi connectivity index (χ1n) is 7.95. The summed E-state index contributed by atoms with van der Waals surface area (Å²) in [5, 5.41) is 14.3. The van der Waals surface area contributed by atoms with Crippen molar-refractivity contribution >= 4 is 22.2 Å². The second-order valence-corrected chi connectivity index (χ2v) is 6.56. The van der Waals surface area contributed by atoms with Crippen molar-refractivity contribution in [2.45, 2.75) is 19.9 Å². The molecule has 1 fully saturated rings. The Labute approximate surface area is 141 Å². The molecule has 126 valence electrons. The van der Waals surface area contributed by atoms with Gasteiger partial charge in [-0.25, -0.2) is 0 Å². The SMILES string of the molecule is CCOCCN1CCN(CC(=O)Nc2sccc2C#N)CC1C. The Balaban J connectivity index is 1.76. The van der Waals surface area contributed by atoms with E-state index in [1.54, 1.807) is 6.07 Å². The van der Waals surface area contributed by atoms with Gasteiger partial charge in [-0.2, -0.15) is 5.26 Å². The number of anilines is 1. The summed E-state index contributed by atoms with van der Waals surface area (Å²) >= 11 is 1.38. The van der Waals surface area contributed by atoms with Crippen LogP contribution >= 0.6 is 11.3 Å². The van der Waals surface area contributed by atoms with Crippen molar-refractivity contribution in [3.05, 3.63) is 17.0 Å². The lowest BCUT2D eigenvalue weighted by Crippen LogP contribution is -2.54. The summed E-state index contributed by atoms with van der Waals surface area (Å²) in [5.74, 6) is -0.0566. The molecule has 1 N–H and O–H groups in total. The molecule has 1 atom stereocenters. The number of nitriles is 1. The zero-order valence-electron chi connectivity index (χ0n) is 13.7. The topological polar surface area (TPSA) is 68.6 Å². The predicted molar refractivity (Wildman–Crippen MR) is 91.6 cm³/mol. The van der Waals surface area contributed by atoms with Crippen molar-refractivity contribution in [1.29, 1.82) is 5.26 Å². The Hall–Kier alpha value is -1.46. The van der Waals surface area contributed by atoms with Crippen LogP contribution in [0.3, 0.4) is 0 Å². The third-order valence-electron chi connectivity index (χ3n) is 3.98. The molecule has 1 amide bonds. The van der Waals surface area contributed by atoms with Crippen LogP contribution in [-0.4, -0.2) is 67.7 Å². The van der Waals surface area contributed by atoms with Gasteiger partial charge in [-0.3, -0.25) is 14.6 Å². The number of carbonyl (C=O) groups is 1. The first-order chi connectivity index (χ1) is 11.1. The van der Waals surface area contributed by atoms with E-state index in [1.165, 1.54) is 11.3 Å². The third-order valence-corrected chi connectivity index (χ3v) is 4.81. The fraction of sp³-hybridized carbons (Fsp3) is 0.625. The molecule has 0 radical (unpaired) electrons. The molecule has 6 nitrogen and oxygen atoms in total. The quantitative estimate of drug-likeness (QED) is 0.766. The van der Waals surface area contributed by atoms with Crippen LogP contribution in [0.4, 0.5) is 5.00 Å². The van der Waals surface area contributed by atoms with Crippen LogP contribution in [0.5, 0.6) is 0 Å². The molecule has 1 aliphatic heterocycles. The molecule has 0 spiro atoms. The molecule has 1 aliphatic rings. The van der Waals surface area contributed by atoms with Crippen LogP contribution in [-0.2, 0) is 9.53 Å². The smallest absolute Gasteiger partial charge is 0.239 e. The largest absolute Gasteiger partial charge is 0.380 e. The van der Waals surface area contributed by atoms with E-state index in [9.17, 15) is 4.79 Å². The van der Waals surface area contributed by atoms with Crippen molar-refractivity contribution in [2.75, 3.05) is 51.3 Å². The van der Waals surface area contributed by atoms with Gasteiger partial charge in [0, 0.05) is 38.8 Å². The lowest BCUT2D eigenvalue weighted by atomic mass is 10.2. The summed E-state index contributed by atoms with van der Waals surface area (Å²) < 4.78 is 5.41. The molecular weight excluding hydrogens is 312 g/mol. The van der Waals surface area contributed by atoms with Crippen molar-refractivity contribution in [2.24, 2.45) is 0 Å². The third kappa shape index (κ3) is 5.29. The van der Waals surface area contributed by atoms with Crippen LogP contribution in [0.1, 0.15) is 19.4 Å². The molecule has 2 rings (SSSR count). The Morgan fingerprint density at radius 2 is 2.39 bits per heavy atom. The minimum absolute atomic E-state index is 0.0566. The van der Waals surface area contributed by atoms with Gasteiger partial charge in [-0.05, 0) is 25.3 Å². The zero-order chi connectivity index (χ0) is 16.7. The van der Waals surface area contributed by atoms with Crippen molar-refractivity contribution in [3.63, 3.8) is 0 Å². The standard InChI is InChI=1S/C16H24N4O2S/c1-3-22-8-7-20-6-5-19(11-13(20)2)12-15(21)18-16-14(10-17)4-9-23-16/h4,9,13H,3,5-8,11-12H2,1-2H3,(H,18,21). The van der Waals surface area contributed by atoms with E-state index >= 15 is 0 Å². The minimum Gasteiger partial charge on any atom is -0.380 e. The molecule has 1 aromatic heterocycles. The number of hydrogen-bond donors (Lipinski definition) is 1. The van der Waals surface area contributed by atoms with Crippen molar-refractivity contribution in [1.82, 2.24) is 9.80 Å². The summed E-state index contributed by atoms with van der Waals surface area (Å²) in [6.07, 6.45) is 0. The summed E-state index contributed by atoms with van der Waals surface area (Å²) in [7, 11) is 0. The molecule has 23 heavy (non-hydrogen) atoms. The van der Waals surface area contributed by atoms with Crippen LogP contribution in [0.15, 0.2) is 11.4 Å². The van der Waals surface area contributed by atoms with Crippen LogP contribution in [0, 0.1) is 11.3 Å². The zero-order valence-corrected chi connectivity index (χ0v) is 14.6. The maximum atomic E-state index is 12.2.